The molecule has 0 bridgehead atoms. The van der Waals surface area contributed by atoms with Crippen LogP contribution in [0.15, 0.2) is 23.3 Å². The average molecular weight is 173 g/mol. The van der Waals surface area contributed by atoms with Gasteiger partial charge in [-0.2, -0.15) is 0 Å². The minimum Gasteiger partial charge on any atom is -0.481 e. The maximum absolute atomic E-state index is 10.7. The van der Waals surface area contributed by atoms with Gasteiger partial charge in [-0.25, -0.2) is 0 Å². The summed E-state index contributed by atoms with van der Waals surface area (Å²) in [5, 5.41) is 9.28. The highest BCUT2D eigenvalue weighted by Crippen LogP contribution is 2.31. The summed E-state index contributed by atoms with van der Waals surface area (Å²) in [6.07, 6.45) is 5.57. The van der Waals surface area contributed by atoms with Crippen LogP contribution < -0.4 is 0 Å². The van der Waals surface area contributed by atoms with Crippen molar-refractivity contribution in [3.8, 4) is 0 Å². The fourth-order valence-electron chi connectivity index (χ4n) is 0.977. The summed E-state index contributed by atoms with van der Waals surface area (Å²) in [5.74, 6) is -0.833. The van der Waals surface area contributed by atoms with Crippen LogP contribution in [-0.2, 0) is 4.79 Å². The molecule has 60 valence electrons. The molecule has 1 atom stereocenters. The topological polar surface area (TPSA) is 37.3 Å². The first kappa shape index (κ1) is 8.34. The molecular formula is C8H9ClO2. The van der Waals surface area contributed by atoms with E-state index in [9.17, 15) is 4.79 Å². The third-order valence-electron chi connectivity index (χ3n) is 1.76. The van der Waals surface area contributed by atoms with Gasteiger partial charge in [-0.1, -0.05) is 17.7 Å². The summed E-state index contributed by atoms with van der Waals surface area (Å²) in [4.78, 5) is 10.7. The predicted molar refractivity (Wildman–Crippen MR) is 43.4 cm³/mol. The largest absolute Gasteiger partial charge is 0.481 e. The molecule has 0 fully saturated rings. The van der Waals surface area contributed by atoms with Crippen LogP contribution in [0, 0.1) is 5.41 Å². The number of hydrogen-bond acceptors (Lipinski definition) is 1. The van der Waals surface area contributed by atoms with Crippen molar-refractivity contribution >= 4 is 17.6 Å². The molecule has 0 amide bonds. The van der Waals surface area contributed by atoms with Gasteiger partial charge in [0.15, 0.2) is 0 Å². The Morgan fingerprint density at radius 3 is 2.82 bits per heavy atom. The molecule has 0 spiro atoms. The molecule has 0 aliphatic heterocycles. The number of carboxylic acid groups (broad SMARTS) is 1. The van der Waals surface area contributed by atoms with Gasteiger partial charge in [0.2, 0.25) is 0 Å². The molecule has 1 aliphatic carbocycles. The zero-order valence-electron chi connectivity index (χ0n) is 6.17. The first-order valence-electron chi connectivity index (χ1n) is 3.33. The standard InChI is InChI=1S/C8H9ClO2/c1-8(7(10)11)4-2-3-6(9)5-8/h2-3,5H,4H2,1H3,(H,10,11). The van der Waals surface area contributed by atoms with Gasteiger partial charge in [0.25, 0.3) is 0 Å². The highest BCUT2D eigenvalue weighted by atomic mass is 35.5. The van der Waals surface area contributed by atoms with Gasteiger partial charge < -0.3 is 5.11 Å². The number of carbonyl (C=O) groups is 1. The van der Waals surface area contributed by atoms with Crippen LogP contribution in [0.3, 0.4) is 0 Å². The van der Waals surface area contributed by atoms with E-state index in [0.29, 0.717) is 11.5 Å². The van der Waals surface area contributed by atoms with Crippen molar-refractivity contribution in [1.82, 2.24) is 0 Å². The molecule has 0 aromatic rings. The molecule has 1 unspecified atom stereocenters. The Bertz CT molecular complexity index is 242. The second kappa shape index (κ2) is 2.70. The minimum absolute atomic E-state index is 0.501. The zero-order valence-corrected chi connectivity index (χ0v) is 6.93. The van der Waals surface area contributed by atoms with Crippen molar-refractivity contribution in [2.75, 3.05) is 0 Å². The van der Waals surface area contributed by atoms with Crippen molar-refractivity contribution in [2.45, 2.75) is 13.3 Å². The lowest BCUT2D eigenvalue weighted by Crippen LogP contribution is -2.25. The van der Waals surface area contributed by atoms with Gasteiger partial charge in [-0.05, 0) is 25.5 Å². The van der Waals surface area contributed by atoms with Gasteiger partial charge in [-0.3, -0.25) is 4.79 Å². The molecule has 0 radical (unpaired) electrons. The van der Waals surface area contributed by atoms with Gasteiger partial charge in [0.1, 0.15) is 0 Å². The van der Waals surface area contributed by atoms with E-state index >= 15 is 0 Å². The lowest BCUT2D eigenvalue weighted by Gasteiger charge is -2.21. The van der Waals surface area contributed by atoms with E-state index in [1.807, 2.05) is 0 Å². The summed E-state index contributed by atoms with van der Waals surface area (Å²) in [5.41, 5.74) is -0.814. The third-order valence-corrected chi connectivity index (χ3v) is 2.00. The fourth-order valence-corrected chi connectivity index (χ4v) is 1.31. The second-order valence-corrected chi connectivity index (χ2v) is 3.29. The van der Waals surface area contributed by atoms with Crippen LogP contribution in [-0.4, -0.2) is 11.1 Å². The van der Waals surface area contributed by atoms with E-state index in [2.05, 4.69) is 0 Å². The van der Waals surface area contributed by atoms with E-state index in [-0.39, 0.29) is 0 Å². The molecule has 0 aromatic carbocycles. The van der Waals surface area contributed by atoms with Crippen LogP contribution >= 0.6 is 11.6 Å². The van der Waals surface area contributed by atoms with Gasteiger partial charge >= 0.3 is 5.97 Å². The van der Waals surface area contributed by atoms with Crippen LogP contribution in [0.4, 0.5) is 0 Å². The molecule has 1 aliphatic rings. The van der Waals surface area contributed by atoms with Crippen LogP contribution in [0.5, 0.6) is 0 Å². The maximum Gasteiger partial charge on any atom is 0.313 e. The molecule has 0 saturated carbocycles. The molecule has 3 heteroatoms. The van der Waals surface area contributed by atoms with Crippen molar-refractivity contribution in [1.29, 1.82) is 0 Å². The Labute approximate surface area is 70.2 Å². The summed E-state index contributed by atoms with van der Waals surface area (Å²) in [6.45, 7) is 1.65. The quantitative estimate of drug-likeness (QED) is 0.658. The van der Waals surface area contributed by atoms with Crippen molar-refractivity contribution in [2.24, 2.45) is 5.41 Å². The van der Waals surface area contributed by atoms with E-state index in [0.717, 1.165) is 0 Å². The van der Waals surface area contributed by atoms with Crippen LogP contribution in [0.25, 0.3) is 0 Å². The first-order valence-corrected chi connectivity index (χ1v) is 3.71. The normalized spacial score (nSPS) is 29.8. The average Bonchev–Trinajstić information content (AvgIpc) is 1.86. The number of rotatable bonds is 1. The third kappa shape index (κ3) is 1.63. The SMILES string of the molecule is CC1(C(=O)O)C=C(Cl)C=CC1. The van der Waals surface area contributed by atoms with Gasteiger partial charge in [0.05, 0.1) is 5.41 Å². The Kier molecular flexibility index (Phi) is 2.05. The molecule has 1 N–H and O–H groups in total. The van der Waals surface area contributed by atoms with E-state index < -0.39 is 11.4 Å². The number of aliphatic carboxylic acids is 1. The molecule has 0 heterocycles. The number of hydrogen-bond donors (Lipinski definition) is 1. The first-order chi connectivity index (χ1) is 5.04. The second-order valence-electron chi connectivity index (χ2n) is 2.86. The molecule has 0 aromatic heterocycles. The summed E-state index contributed by atoms with van der Waals surface area (Å²) >= 11 is 5.66. The number of carboxylic acids is 1. The minimum atomic E-state index is -0.833. The summed E-state index contributed by atoms with van der Waals surface area (Å²) in [7, 11) is 0. The summed E-state index contributed by atoms with van der Waals surface area (Å²) in [6, 6.07) is 0. The van der Waals surface area contributed by atoms with E-state index in [4.69, 9.17) is 16.7 Å². The molecule has 1 rings (SSSR count). The maximum atomic E-state index is 10.7. The van der Waals surface area contributed by atoms with Gasteiger partial charge in [0, 0.05) is 5.03 Å². The van der Waals surface area contributed by atoms with Crippen molar-refractivity contribution in [3.63, 3.8) is 0 Å². The lowest BCUT2D eigenvalue weighted by molar-refractivity contribution is -0.145. The van der Waals surface area contributed by atoms with Gasteiger partial charge in [-0.15, -0.1) is 0 Å². The van der Waals surface area contributed by atoms with E-state index in [1.165, 1.54) is 0 Å². The fraction of sp³-hybridized carbons (Fsp3) is 0.375. The molecule has 0 saturated heterocycles. The lowest BCUT2D eigenvalue weighted by atomic mass is 9.84. The molecule has 2 nitrogen and oxygen atoms in total. The Morgan fingerprint density at radius 1 is 1.82 bits per heavy atom. The Hall–Kier alpha value is -0.760. The predicted octanol–water partition coefficient (Wildman–Crippen LogP) is 2.16. The smallest absolute Gasteiger partial charge is 0.313 e. The Morgan fingerprint density at radius 2 is 2.45 bits per heavy atom. The van der Waals surface area contributed by atoms with Crippen molar-refractivity contribution < 1.29 is 9.90 Å². The summed E-state index contributed by atoms with van der Waals surface area (Å²) < 4.78 is 0. The number of allylic oxidation sites excluding steroid dienone is 3. The molecule has 11 heavy (non-hydrogen) atoms. The highest BCUT2D eigenvalue weighted by Gasteiger charge is 2.31. The number of halogens is 1. The zero-order chi connectivity index (χ0) is 8.48. The van der Waals surface area contributed by atoms with Crippen molar-refractivity contribution in [3.05, 3.63) is 23.3 Å². The van der Waals surface area contributed by atoms with Crippen LogP contribution in [0.2, 0.25) is 0 Å². The monoisotopic (exact) mass is 172 g/mol. The molecular weight excluding hydrogens is 164 g/mol. The Balaban J connectivity index is 2.92. The highest BCUT2D eigenvalue weighted by molar-refractivity contribution is 6.31. The van der Waals surface area contributed by atoms with E-state index in [1.54, 1.807) is 25.2 Å². The van der Waals surface area contributed by atoms with Crippen LogP contribution in [0.1, 0.15) is 13.3 Å².